The molecule has 7 heteroatoms. The zero-order chi connectivity index (χ0) is 20.2. The Hall–Kier alpha value is -1.06. The highest BCUT2D eigenvalue weighted by Crippen LogP contribution is 2.02. The first-order valence-electron chi connectivity index (χ1n) is 9.32. The van der Waals surface area contributed by atoms with E-state index in [1.807, 2.05) is 6.92 Å². The predicted molar refractivity (Wildman–Crippen MR) is 107 cm³/mol. The minimum absolute atomic E-state index is 0.155. The van der Waals surface area contributed by atoms with Crippen LogP contribution in [0.5, 0.6) is 0 Å². The first kappa shape index (κ1) is 25.9. The average Bonchev–Trinajstić information content (AvgIpc) is 2.69. The van der Waals surface area contributed by atoms with Gasteiger partial charge < -0.3 is 34.2 Å². The molecule has 27 heavy (non-hydrogen) atoms. The van der Waals surface area contributed by atoms with Crippen LogP contribution in [0.25, 0.3) is 0 Å². The molecule has 0 amide bonds. The van der Waals surface area contributed by atoms with Gasteiger partial charge in [-0.3, -0.25) is 0 Å². The summed E-state index contributed by atoms with van der Waals surface area (Å²) in [5, 5.41) is 0. The van der Waals surface area contributed by atoms with Gasteiger partial charge >= 0.3 is 0 Å². The molecule has 0 radical (unpaired) electrons. The Bertz CT molecular complexity index is 366. The second kappa shape index (κ2) is 19.7. The summed E-state index contributed by atoms with van der Waals surface area (Å²) in [6, 6.07) is 0. The van der Waals surface area contributed by atoms with Crippen LogP contribution < -0.4 is 5.73 Å². The molecule has 0 bridgehead atoms. The molecular weight excluding hydrogens is 350 g/mol. The van der Waals surface area contributed by atoms with Gasteiger partial charge in [-0.25, -0.2) is 0 Å². The van der Waals surface area contributed by atoms with E-state index in [4.69, 9.17) is 34.2 Å². The summed E-state index contributed by atoms with van der Waals surface area (Å²) in [6.45, 7) is 17.1. The van der Waals surface area contributed by atoms with Crippen molar-refractivity contribution in [3.05, 3.63) is 38.0 Å². The maximum Gasteiger partial charge on any atom is 0.105 e. The van der Waals surface area contributed by atoms with Crippen molar-refractivity contribution in [3.8, 4) is 0 Å². The Morgan fingerprint density at radius 3 is 1.74 bits per heavy atom. The Kier molecular flexibility index (Phi) is 18.9. The van der Waals surface area contributed by atoms with E-state index in [0.29, 0.717) is 66.0 Å². The molecule has 0 aliphatic carbocycles. The van der Waals surface area contributed by atoms with E-state index in [0.717, 1.165) is 0 Å². The van der Waals surface area contributed by atoms with Crippen LogP contribution in [-0.2, 0) is 28.4 Å². The summed E-state index contributed by atoms with van der Waals surface area (Å²) in [7, 11) is 0. The lowest BCUT2D eigenvalue weighted by atomic mass is 10.3. The second-order valence-corrected chi connectivity index (χ2v) is 5.70. The lowest BCUT2D eigenvalue weighted by molar-refractivity contribution is -0.0969. The Labute approximate surface area is 164 Å². The van der Waals surface area contributed by atoms with Gasteiger partial charge in [-0.05, 0) is 6.92 Å². The third-order valence-corrected chi connectivity index (χ3v) is 3.34. The van der Waals surface area contributed by atoms with Crippen molar-refractivity contribution < 1.29 is 28.4 Å². The molecule has 0 aromatic carbocycles. The molecular formula is C20H37NO6. The van der Waals surface area contributed by atoms with Crippen molar-refractivity contribution >= 4 is 0 Å². The van der Waals surface area contributed by atoms with Crippen LogP contribution in [0.3, 0.4) is 0 Å². The minimum Gasteiger partial charge on any atom is -0.379 e. The highest BCUT2D eigenvalue weighted by Gasteiger charge is 2.16. The van der Waals surface area contributed by atoms with Gasteiger partial charge in [0.15, 0.2) is 0 Å². The summed E-state index contributed by atoms with van der Waals surface area (Å²) in [5.41, 5.74) is 5.78. The van der Waals surface area contributed by atoms with Gasteiger partial charge in [0.2, 0.25) is 0 Å². The first-order valence-corrected chi connectivity index (χ1v) is 9.32. The largest absolute Gasteiger partial charge is 0.379 e. The third kappa shape index (κ3) is 15.7. The predicted octanol–water partition coefficient (Wildman–Crippen LogP) is 1.73. The highest BCUT2D eigenvalue weighted by atomic mass is 16.6. The van der Waals surface area contributed by atoms with Crippen LogP contribution in [0, 0.1) is 0 Å². The summed E-state index contributed by atoms with van der Waals surface area (Å²) in [4.78, 5) is 0. The molecule has 0 aliphatic rings. The number of hydrogen-bond acceptors (Lipinski definition) is 7. The molecule has 0 saturated carbocycles. The maximum atomic E-state index is 5.82. The van der Waals surface area contributed by atoms with Gasteiger partial charge in [0.05, 0.1) is 59.0 Å². The van der Waals surface area contributed by atoms with Gasteiger partial charge in [0.1, 0.15) is 12.2 Å². The summed E-state index contributed by atoms with van der Waals surface area (Å²) in [6.07, 6.45) is 4.46. The van der Waals surface area contributed by atoms with Crippen molar-refractivity contribution in [1.29, 1.82) is 0 Å². The number of hydrogen-bond donors (Lipinski definition) is 1. The monoisotopic (exact) mass is 387 g/mol. The number of rotatable bonds is 21. The topological polar surface area (TPSA) is 81.4 Å². The molecule has 0 spiro atoms. The zero-order valence-electron chi connectivity index (χ0n) is 16.7. The van der Waals surface area contributed by atoms with Crippen LogP contribution in [-0.4, -0.2) is 84.3 Å². The smallest absolute Gasteiger partial charge is 0.105 e. The SMILES string of the molecule is C=CCOCC(COC(CN)COCC(COCC)OCC=C)OCC=C. The van der Waals surface area contributed by atoms with Crippen LogP contribution >= 0.6 is 0 Å². The van der Waals surface area contributed by atoms with Crippen molar-refractivity contribution in [2.75, 3.05) is 66.0 Å². The van der Waals surface area contributed by atoms with E-state index < -0.39 is 0 Å². The summed E-state index contributed by atoms with van der Waals surface area (Å²) < 4.78 is 33.6. The van der Waals surface area contributed by atoms with Crippen molar-refractivity contribution in [2.24, 2.45) is 5.73 Å². The third-order valence-electron chi connectivity index (χ3n) is 3.34. The summed E-state index contributed by atoms with van der Waals surface area (Å²) >= 11 is 0. The standard InChI is InChI=1S/C20H37NO6/c1-5-9-23-15-20(26-11-7-3)17-27-18(12-21)13-24-16-19(14-22-8-4)25-10-6-2/h5-7,18-20H,1-3,8-17,21H2,4H3. The van der Waals surface area contributed by atoms with Gasteiger partial charge in [0.25, 0.3) is 0 Å². The molecule has 3 unspecified atom stereocenters. The van der Waals surface area contributed by atoms with Gasteiger partial charge in [-0.1, -0.05) is 18.2 Å². The van der Waals surface area contributed by atoms with Gasteiger partial charge in [0, 0.05) is 13.2 Å². The van der Waals surface area contributed by atoms with E-state index in [-0.39, 0.29) is 18.3 Å². The van der Waals surface area contributed by atoms with Crippen LogP contribution in [0.1, 0.15) is 6.92 Å². The fraction of sp³-hybridized carbons (Fsp3) is 0.700. The van der Waals surface area contributed by atoms with Crippen LogP contribution in [0.2, 0.25) is 0 Å². The molecule has 2 N–H and O–H groups in total. The molecule has 3 atom stereocenters. The van der Waals surface area contributed by atoms with Crippen molar-refractivity contribution in [2.45, 2.75) is 25.2 Å². The Morgan fingerprint density at radius 1 is 0.667 bits per heavy atom. The maximum absolute atomic E-state index is 5.82. The van der Waals surface area contributed by atoms with E-state index in [1.165, 1.54) is 0 Å². The van der Waals surface area contributed by atoms with E-state index in [1.54, 1.807) is 18.2 Å². The number of ether oxygens (including phenoxy) is 6. The Balaban J connectivity index is 4.23. The molecule has 158 valence electrons. The molecule has 0 fully saturated rings. The molecule has 0 heterocycles. The van der Waals surface area contributed by atoms with Crippen LogP contribution in [0.4, 0.5) is 0 Å². The van der Waals surface area contributed by atoms with Gasteiger partial charge in [-0.15, -0.1) is 19.7 Å². The molecule has 7 nitrogen and oxygen atoms in total. The molecule has 0 aliphatic heterocycles. The van der Waals surface area contributed by atoms with Crippen LogP contribution in [0.15, 0.2) is 38.0 Å². The lowest BCUT2D eigenvalue weighted by Crippen LogP contribution is -2.36. The minimum atomic E-state index is -0.244. The lowest BCUT2D eigenvalue weighted by Gasteiger charge is -2.23. The van der Waals surface area contributed by atoms with Crippen molar-refractivity contribution in [1.82, 2.24) is 0 Å². The zero-order valence-corrected chi connectivity index (χ0v) is 16.7. The summed E-state index contributed by atoms with van der Waals surface area (Å²) in [5.74, 6) is 0. The fourth-order valence-corrected chi connectivity index (χ4v) is 1.99. The van der Waals surface area contributed by atoms with E-state index >= 15 is 0 Å². The Morgan fingerprint density at radius 2 is 1.19 bits per heavy atom. The van der Waals surface area contributed by atoms with Crippen molar-refractivity contribution in [3.63, 3.8) is 0 Å². The number of nitrogens with two attached hydrogens (primary N) is 1. The molecule has 0 rings (SSSR count). The quantitative estimate of drug-likeness (QED) is 0.237. The van der Waals surface area contributed by atoms with E-state index in [9.17, 15) is 0 Å². The first-order chi connectivity index (χ1) is 13.2. The molecule has 0 saturated heterocycles. The van der Waals surface area contributed by atoms with Gasteiger partial charge in [-0.2, -0.15) is 0 Å². The molecule has 0 aromatic rings. The second-order valence-electron chi connectivity index (χ2n) is 5.70. The highest BCUT2D eigenvalue weighted by molar-refractivity contribution is 4.70. The average molecular weight is 388 g/mol. The fourth-order valence-electron chi connectivity index (χ4n) is 1.99. The van der Waals surface area contributed by atoms with E-state index in [2.05, 4.69) is 19.7 Å². The normalized spacial score (nSPS) is 14.4. The molecule has 0 aromatic heterocycles.